The van der Waals surface area contributed by atoms with Crippen LogP contribution in [0.3, 0.4) is 0 Å². The van der Waals surface area contributed by atoms with E-state index in [1.54, 1.807) is 0 Å². The third-order valence-electron chi connectivity index (χ3n) is 3.07. The van der Waals surface area contributed by atoms with Gasteiger partial charge in [-0.15, -0.1) is 0 Å². The van der Waals surface area contributed by atoms with Gasteiger partial charge in [0, 0.05) is 5.60 Å². The topological polar surface area (TPSA) is 9.23 Å². The summed E-state index contributed by atoms with van der Waals surface area (Å²) in [6, 6.07) is 18.9. The van der Waals surface area contributed by atoms with Gasteiger partial charge in [0.2, 0.25) is 0 Å². The molecule has 104 valence electrons. The number of hydrogen-bond acceptors (Lipinski definition) is 1. The van der Waals surface area contributed by atoms with Crippen LogP contribution in [0.4, 0.5) is 0 Å². The smallest absolute Gasteiger partial charge is 0.192 e. The Hall–Kier alpha value is -1.64. The van der Waals surface area contributed by atoms with E-state index < -0.39 is 9.76 Å². The second-order valence-corrected chi connectivity index (χ2v) is 7.34. The van der Waals surface area contributed by atoms with Gasteiger partial charge in [-0.2, -0.15) is 0 Å². The van der Waals surface area contributed by atoms with Crippen LogP contribution in [0.25, 0.3) is 5.57 Å². The molecule has 2 aromatic rings. The van der Waals surface area contributed by atoms with Crippen LogP contribution in [0.5, 0.6) is 0 Å². The van der Waals surface area contributed by atoms with Crippen LogP contribution >= 0.6 is 0 Å². The molecule has 0 spiro atoms. The molecule has 0 aromatic heterocycles. The monoisotopic (exact) mass is 282 g/mol. The highest BCUT2D eigenvalue weighted by molar-refractivity contribution is 6.47. The maximum absolute atomic E-state index is 5.97. The van der Waals surface area contributed by atoms with Crippen LogP contribution in [0.2, 0.25) is 0 Å². The lowest BCUT2D eigenvalue weighted by molar-refractivity contribution is 0.142. The number of benzene rings is 2. The Morgan fingerprint density at radius 1 is 0.950 bits per heavy atom. The molecule has 0 radical (unpaired) electrons. The van der Waals surface area contributed by atoms with Crippen molar-refractivity contribution in [2.24, 2.45) is 0 Å². The molecular weight excluding hydrogens is 260 g/mol. The van der Waals surface area contributed by atoms with Gasteiger partial charge in [-0.05, 0) is 42.7 Å². The van der Waals surface area contributed by atoms with Gasteiger partial charge >= 0.3 is 0 Å². The molecule has 20 heavy (non-hydrogen) atoms. The third-order valence-corrected chi connectivity index (χ3v) is 4.85. The van der Waals surface area contributed by atoms with Crippen LogP contribution in [-0.4, -0.2) is 15.4 Å². The molecular formula is C18H22OSi. The summed E-state index contributed by atoms with van der Waals surface area (Å²) >= 11 is 0. The average molecular weight is 282 g/mol. The lowest BCUT2D eigenvalue weighted by atomic mass is 10.00. The van der Waals surface area contributed by atoms with E-state index in [9.17, 15) is 0 Å². The van der Waals surface area contributed by atoms with Crippen molar-refractivity contribution in [3.63, 3.8) is 0 Å². The van der Waals surface area contributed by atoms with Crippen LogP contribution in [-0.2, 0) is 4.43 Å². The van der Waals surface area contributed by atoms with Crippen LogP contribution in [0.15, 0.2) is 61.2 Å². The minimum Gasteiger partial charge on any atom is -0.414 e. The first kappa shape index (κ1) is 14.8. The molecule has 0 unspecified atom stereocenters. The summed E-state index contributed by atoms with van der Waals surface area (Å²) in [6.45, 7) is 10.5. The van der Waals surface area contributed by atoms with E-state index in [1.807, 2.05) is 18.2 Å². The molecule has 0 N–H and O–H groups in total. The molecule has 2 heteroatoms. The summed E-state index contributed by atoms with van der Waals surface area (Å²) in [5.74, 6) is 0. The van der Waals surface area contributed by atoms with E-state index in [0.29, 0.717) is 0 Å². The van der Waals surface area contributed by atoms with Gasteiger partial charge in [0.25, 0.3) is 0 Å². The standard InChI is InChI=1S/C18H22OSi/c1-14(15-9-6-5-7-10-15)16-11-8-12-17(13-16)20-19-18(2,3)4/h5-13H,1,20H2,2-4H3. The second-order valence-electron chi connectivity index (χ2n) is 5.95. The number of rotatable bonds is 4. The molecule has 0 atom stereocenters. The van der Waals surface area contributed by atoms with Crippen molar-refractivity contribution in [1.82, 2.24) is 0 Å². The molecule has 0 saturated heterocycles. The van der Waals surface area contributed by atoms with Gasteiger partial charge in [-0.1, -0.05) is 61.2 Å². The maximum Gasteiger partial charge on any atom is 0.192 e. The van der Waals surface area contributed by atoms with Crippen molar-refractivity contribution < 1.29 is 4.43 Å². The zero-order valence-corrected chi connectivity index (χ0v) is 13.9. The Labute approximate surface area is 124 Å². The molecule has 0 fully saturated rings. The normalized spacial score (nSPS) is 11.9. The first-order valence-corrected chi connectivity index (χ1v) is 8.22. The summed E-state index contributed by atoms with van der Waals surface area (Å²) < 4.78 is 5.97. The lowest BCUT2D eigenvalue weighted by Gasteiger charge is -2.20. The zero-order chi connectivity index (χ0) is 14.6. The van der Waals surface area contributed by atoms with Gasteiger partial charge in [0.15, 0.2) is 9.76 Å². The van der Waals surface area contributed by atoms with Crippen molar-refractivity contribution in [2.75, 3.05) is 0 Å². The van der Waals surface area contributed by atoms with Crippen LogP contribution in [0, 0.1) is 0 Å². The zero-order valence-electron chi connectivity index (χ0n) is 12.5. The van der Waals surface area contributed by atoms with Gasteiger partial charge < -0.3 is 4.43 Å². The Balaban J connectivity index is 2.16. The quantitative estimate of drug-likeness (QED) is 0.782. The van der Waals surface area contributed by atoms with Gasteiger partial charge in [0.05, 0.1) is 0 Å². The molecule has 0 heterocycles. The van der Waals surface area contributed by atoms with Crippen molar-refractivity contribution in [1.29, 1.82) is 0 Å². The highest BCUT2D eigenvalue weighted by atomic mass is 28.2. The molecule has 2 aromatic carbocycles. The van der Waals surface area contributed by atoms with Crippen molar-refractivity contribution in [2.45, 2.75) is 26.4 Å². The van der Waals surface area contributed by atoms with Crippen LogP contribution in [0.1, 0.15) is 31.9 Å². The minimum atomic E-state index is -0.690. The fourth-order valence-electron chi connectivity index (χ4n) is 1.95. The molecule has 0 aliphatic heterocycles. The summed E-state index contributed by atoms with van der Waals surface area (Å²) in [7, 11) is -0.690. The molecule has 0 bridgehead atoms. The van der Waals surface area contributed by atoms with E-state index in [4.69, 9.17) is 4.43 Å². The van der Waals surface area contributed by atoms with E-state index in [1.165, 1.54) is 16.3 Å². The molecule has 2 rings (SSSR count). The summed E-state index contributed by atoms with van der Waals surface area (Å²) in [5.41, 5.74) is 3.36. The van der Waals surface area contributed by atoms with Gasteiger partial charge in [-0.3, -0.25) is 0 Å². The first-order chi connectivity index (χ1) is 9.46. The van der Waals surface area contributed by atoms with Crippen molar-refractivity contribution >= 4 is 20.5 Å². The van der Waals surface area contributed by atoms with Gasteiger partial charge in [-0.25, -0.2) is 0 Å². The van der Waals surface area contributed by atoms with Gasteiger partial charge in [0.1, 0.15) is 0 Å². The summed E-state index contributed by atoms with van der Waals surface area (Å²) in [5, 5.41) is 1.31. The molecule has 1 nitrogen and oxygen atoms in total. The Bertz CT molecular complexity index is 582. The van der Waals surface area contributed by atoms with E-state index in [2.05, 4.69) is 63.7 Å². The predicted molar refractivity (Wildman–Crippen MR) is 90.0 cm³/mol. The third kappa shape index (κ3) is 4.19. The molecule has 0 saturated carbocycles. The second kappa shape index (κ2) is 6.20. The Kier molecular flexibility index (Phi) is 4.58. The fourth-order valence-corrected chi connectivity index (χ4v) is 3.09. The van der Waals surface area contributed by atoms with Crippen molar-refractivity contribution in [3.8, 4) is 0 Å². The minimum absolute atomic E-state index is 0.0569. The van der Waals surface area contributed by atoms with E-state index in [-0.39, 0.29) is 5.60 Å². The summed E-state index contributed by atoms with van der Waals surface area (Å²) in [6.07, 6.45) is 0. The first-order valence-electron chi connectivity index (χ1n) is 6.93. The Morgan fingerprint density at radius 2 is 1.60 bits per heavy atom. The predicted octanol–water partition coefficient (Wildman–Crippen LogP) is 3.27. The molecule has 0 aliphatic carbocycles. The fraction of sp³-hybridized carbons (Fsp3) is 0.222. The maximum atomic E-state index is 5.97. The van der Waals surface area contributed by atoms with E-state index >= 15 is 0 Å². The molecule has 0 aliphatic rings. The highest BCUT2D eigenvalue weighted by Crippen LogP contribution is 2.20. The lowest BCUT2D eigenvalue weighted by Crippen LogP contribution is -2.28. The average Bonchev–Trinajstić information content (AvgIpc) is 2.45. The SMILES string of the molecule is C=C(c1ccccc1)c1cccc([SiH2]OC(C)(C)C)c1. The van der Waals surface area contributed by atoms with Crippen molar-refractivity contribution in [3.05, 3.63) is 72.3 Å². The van der Waals surface area contributed by atoms with E-state index in [0.717, 1.165) is 5.57 Å². The Morgan fingerprint density at radius 3 is 2.25 bits per heavy atom. The summed E-state index contributed by atoms with van der Waals surface area (Å²) in [4.78, 5) is 0. The van der Waals surface area contributed by atoms with Crippen LogP contribution < -0.4 is 5.19 Å². The highest BCUT2D eigenvalue weighted by Gasteiger charge is 2.10. The molecule has 0 amide bonds. The largest absolute Gasteiger partial charge is 0.414 e. The number of hydrogen-bond donors (Lipinski definition) is 0.